The molecule has 6 nitrogen and oxygen atoms in total. The van der Waals surface area contributed by atoms with E-state index in [-0.39, 0.29) is 18.1 Å². The third kappa shape index (κ3) is 2.96. The summed E-state index contributed by atoms with van der Waals surface area (Å²) in [5.74, 6) is 2.25. The Balaban J connectivity index is 1.37. The number of carbonyl (C=O) groups is 1. The molecule has 2 fully saturated rings. The van der Waals surface area contributed by atoms with Crippen molar-refractivity contribution < 1.29 is 19.0 Å². The average Bonchev–Trinajstić information content (AvgIpc) is 3.19. The van der Waals surface area contributed by atoms with Gasteiger partial charge in [-0.2, -0.15) is 0 Å². The molecule has 1 amide bonds. The summed E-state index contributed by atoms with van der Waals surface area (Å²) in [7, 11) is 3.58. The molecule has 0 radical (unpaired) electrons. The van der Waals surface area contributed by atoms with E-state index in [0.29, 0.717) is 12.7 Å². The zero-order valence-electron chi connectivity index (χ0n) is 14.2. The minimum Gasteiger partial charge on any atom is -0.454 e. The van der Waals surface area contributed by atoms with Crippen LogP contribution in [0, 0.1) is 5.92 Å². The molecule has 0 bridgehead atoms. The lowest BCUT2D eigenvalue weighted by molar-refractivity contribution is -0.141. The quantitative estimate of drug-likeness (QED) is 0.839. The van der Waals surface area contributed by atoms with Gasteiger partial charge in [-0.25, -0.2) is 0 Å². The van der Waals surface area contributed by atoms with Crippen molar-refractivity contribution in [2.45, 2.75) is 31.6 Å². The lowest BCUT2D eigenvalue weighted by Gasteiger charge is -2.34. The van der Waals surface area contributed by atoms with Crippen LogP contribution in [-0.2, 0) is 16.1 Å². The van der Waals surface area contributed by atoms with Crippen molar-refractivity contribution in [2.24, 2.45) is 5.92 Å². The SMILES string of the molecule is CN(C)C(=O)[C@@H]1C[C@@H]2CCN(Cc3ccc4c(c3)OCO4)C[C@@H]2O1. The fraction of sp³-hybridized carbons (Fsp3) is 0.611. The molecule has 0 N–H and O–H groups in total. The number of piperidine rings is 1. The highest BCUT2D eigenvalue weighted by Gasteiger charge is 2.42. The molecule has 3 atom stereocenters. The first-order chi connectivity index (χ1) is 11.6. The molecular weight excluding hydrogens is 308 g/mol. The summed E-state index contributed by atoms with van der Waals surface area (Å²) < 4.78 is 16.9. The summed E-state index contributed by atoms with van der Waals surface area (Å²) >= 11 is 0. The third-order valence-electron chi connectivity index (χ3n) is 5.20. The highest BCUT2D eigenvalue weighted by molar-refractivity contribution is 5.80. The molecule has 0 aromatic heterocycles. The van der Waals surface area contributed by atoms with Crippen LogP contribution in [0.15, 0.2) is 18.2 Å². The maximum Gasteiger partial charge on any atom is 0.251 e. The van der Waals surface area contributed by atoms with Crippen LogP contribution in [0.5, 0.6) is 11.5 Å². The van der Waals surface area contributed by atoms with Gasteiger partial charge in [-0.3, -0.25) is 9.69 Å². The normalized spacial score (nSPS) is 28.7. The Bertz CT molecular complexity index is 633. The summed E-state index contributed by atoms with van der Waals surface area (Å²) in [5, 5.41) is 0. The second kappa shape index (κ2) is 6.26. The molecule has 3 heterocycles. The fourth-order valence-corrected chi connectivity index (χ4v) is 3.88. The van der Waals surface area contributed by atoms with E-state index in [2.05, 4.69) is 17.0 Å². The average molecular weight is 332 g/mol. The van der Waals surface area contributed by atoms with E-state index >= 15 is 0 Å². The van der Waals surface area contributed by atoms with Crippen molar-refractivity contribution in [3.05, 3.63) is 23.8 Å². The topological polar surface area (TPSA) is 51.2 Å². The molecule has 130 valence electrons. The van der Waals surface area contributed by atoms with Crippen molar-refractivity contribution in [1.82, 2.24) is 9.80 Å². The number of benzene rings is 1. The number of likely N-dealkylation sites (tertiary alicyclic amines) is 1. The predicted octanol–water partition coefficient (Wildman–Crippen LogP) is 1.48. The van der Waals surface area contributed by atoms with Gasteiger partial charge in [0.25, 0.3) is 5.91 Å². The van der Waals surface area contributed by atoms with E-state index < -0.39 is 0 Å². The molecule has 1 aromatic carbocycles. The Morgan fingerprint density at radius 2 is 2.12 bits per heavy atom. The third-order valence-corrected chi connectivity index (χ3v) is 5.20. The van der Waals surface area contributed by atoms with Crippen molar-refractivity contribution in [2.75, 3.05) is 34.0 Å². The lowest BCUT2D eigenvalue weighted by atomic mass is 9.91. The molecule has 0 aliphatic carbocycles. The van der Waals surface area contributed by atoms with Crippen LogP contribution in [0.2, 0.25) is 0 Å². The lowest BCUT2D eigenvalue weighted by Crippen LogP contribution is -2.42. The molecular formula is C18H24N2O4. The van der Waals surface area contributed by atoms with Gasteiger partial charge in [-0.05, 0) is 43.0 Å². The van der Waals surface area contributed by atoms with Crippen LogP contribution in [0.1, 0.15) is 18.4 Å². The highest BCUT2D eigenvalue weighted by atomic mass is 16.7. The number of likely N-dealkylation sites (N-methyl/N-ethyl adjacent to an activating group) is 1. The number of rotatable bonds is 3. The Labute approximate surface area is 142 Å². The number of hydrogen-bond donors (Lipinski definition) is 0. The van der Waals surface area contributed by atoms with E-state index in [1.165, 1.54) is 5.56 Å². The molecule has 0 unspecified atom stereocenters. The first kappa shape index (κ1) is 15.7. The van der Waals surface area contributed by atoms with E-state index in [4.69, 9.17) is 14.2 Å². The highest BCUT2D eigenvalue weighted by Crippen LogP contribution is 2.36. The summed E-state index contributed by atoms with van der Waals surface area (Å²) in [6, 6.07) is 6.12. The number of nitrogens with zero attached hydrogens (tertiary/aromatic N) is 2. The zero-order chi connectivity index (χ0) is 16.7. The molecule has 0 spiro atoms. The molecule has 6 heteroatoms. The first-order valence-corrected chi connectivity index (χ1v) is 8.57. The van der Waals surface area contributed by atoms with Crippen molar-refractivity contribution in [3.8, 4) is 11.5 Å². The van der Waals surface area contributed by atoms with Gasteiger partial charge in [0.15, 0.2) is 11.5 Å². The van der Waals surface area contributed by atoms with Crippen molar-refractivity contribution in [3.63, 3.8) is 0 Å². The maximum absolute atomic E-state index is 12.1. The Morgan fingerprint density at radius 3 is 2.96 bits per heavy atom. The molecule has 2 saturated heterocycles. The maximum atomic E-state index is 12.1. The monoisotopic (exact) mass is 332 g/mol. The largest absolute Gasteiger partial charge is 0.454 e. The molecule has 3 aliphatic rings. The number of fused-ring (bicyclic) bond motifs is 2. The summed E-state index contributed by atoms with van der Waals surface area (Å²) in [5.41, 5.74) is 1.22. The van der Waals surface area contributed by atoms with Crippen LogP contribution < -0.4 is 9.47 Å². The van der Waals surface area contributed by atoms with Gasteiger partial charge in [0.1, 0.15) is 6.10 Å². The van der Waals surface area contributed by atoms with Gasteiger partial charge >= 0.3 is 0 Å². The van der Waals surface area contributed by atoms with Crippen LogP contribution in [0.25, 0.3) is 0 Å². The van der Waals surface area contributed by atoms with Crippen molar-refractivity contribution >= 4 is 5.91 Å². The predicted molar refractivity (Wildman–Crippen MR) is 87.9 cm³/mol. The van der Waals surface area contributed by atoms with Gasteiger partial charge in [-0.1, -0.05) is 6.07 Å². The number of hydrogen-bond acceptors (Lipinski definition) is 5. The number of ether oxygens (including phenoxy) is 3. The summed E-state index contributed by atoms with van der Waals surface area (Å²) in [4.78, 5) is 16.2. The molecule has 3 aliphatic heterocycles. The minimum atomic E-state index is -0.263. The standard InChI is InChI=1S/C18H24N2O4/c1-19(2)18(21)16-8-13-5-6-20(10-17(13)24-16)9-12-3-4-14-15(7-12)23-11-22-14/h3-4,7,13,16-17H,5-6,8-11H2,1-2H3/t13-,16-,17-/m0/s1. The van der Waals surface area contributed by atoms with Crippen LogP contribution in [0.3, 0.4) is 0 Å². The van der Waals surface area contributed by atoms with Crippen LogP contribution in [0.4, 0.5) is 0 Å². The fourth-order valence-electron chi connectivity index (χ4n) is 3.88. The van der Waals surface area contributed by atoms with Gasteiger partial charge in [-0.15, -0.1) is 0 Å². The van der Waals surface area contributed by atoms with Crippen LogP contribution in [-0.4, -0.2) is 61.9 Å². The van der Waals surface area contributed by atoms with Crippen LogP contribution >= 0.6 is 0 Å². The van der Waals surface area contributed by atoms with Gasteiger partial charge in [0.2, 0.25) is 6.79 Å². The number of carbonyl (C=O) groups excluding carboxylic acids is 1. The van der Waals surface area contributed by atoms with Crippen molar-refractivity contribution in [1.29, 1.82) is 0 Å². The summed E-state index contributed by atoms with van der Waals surface area (Å²) in [6.07, 6.45) is 1.86. The first-order valence-electron chi connectivity index (χ1n) is 8.57. The zero-order valence-corrected chi connectivity index (χ0v) is 14.2. The van der Waals surface area contributed by atoms with E-state index in [1.807, 2.05) is 6.07 Å². The second-order valence-electron chi connectivity index (χ2n) is 7.10. The Kier molecular flexibility index (Phi) is 4.10. The van der Waals surface area contributed by atoms with E-state index in [1.54, 1.807) is 19.0 Å². The van der Waals surface area contributed by atoms with Gasteiger partial charge < -0.3 is 19.1 Å². The minimum absolute atomic E-state index is 0.0896. The molecule has 4 rings (SSSR count). The second-order valence-corrected chi connectivity index (χ2v) is 7.10. The van der Waals surface area contributed by atoms with E-state index in [0.717, 1.165) is 44.0 Å². The molecule has 0 saturated carbocycles. The summed E-state index contributed by atoms with van der Waals surface area (Å²) in [6.45, 7) is 3.11. The molecule has 1 aromatic rings. The number of amides is 1. The van der Waals surface area contributed by atoms with E-state index in [9.17, 15) is 4.79 Å². The van der Waals surface area contributed by atoms with Gasteiger partial charge in [0, 0.05) is 27.2 Å². The Morgan fingerprint density at radius 1 is 1.29 bits per heavy atom. The molecule has 24 heavy (non-hydrogen) atoms. The smallest absolute Gasteiger partial charge is 0.251 e. The van der Waals surface area contributed by atoms with Gasteiger partial charge in [0.05, 0.1) is 6.10 Å². The Hall–Kier alpha value is -1.79.